The van der Waals surface area contributed by atoms with Gasteiger partial charge in [0.15, 0.2) is 0 Å². The minimum atomic E-state index is -3.60. The molecule has 1 aromatic heterocycles. The van der Waals surface area contributed by atoms with E-state index in [0.717, 1.165) is 36.0 Å². The molecule has 3 aromatic rings. The predicted octanol–water partition coefficient (Wildman–Crippen LogP) is 4.90. The van der Waals surface area contributed by atoms with Crippen LogP contribution >= 0.6 is 0 Å². The summed E-state index contributed by atoms with van der Waals surface area (Å²) in [6, 6.07) is 15.1. The smallest absolute Gasteiger partial charge is 0.268 e. The molecule has 5 heteroatoms. The van der Waals surface area contributed by atoms with Gasteiger partial charge < -0.3 is 5.32 Å². The molecule has 0 amide bonds. The van der Waals surface area contributed by atoms with Crippen LogP contribution in [0.3, 0.4) is 0 Å². The first-order chi connectivity index (χ1) is 14.1. The van der Waals surface area contributed by atoms with Crippen LogP contribution in [0.15, 0.2) is 59.6 Å². The van der Waals surface area contributed by atoms with Crippen molar-refractivity contribution in [3.8, 4) is 0 Å². The van der Waals surface area contributed by atoms with Crippen molar-refractivity contribution in [2.45, 2.75) is 50.3 Å². The number of hydrogen-bond acceptors (Lipinski definition) is 3. The van der Waals surface area contributed by atoms with E-state index in [4.69, 9.17) is 0 Å². The lowest BCUT2D eigenvalue weighted by molar-refractivity contribution is 0.435. The molecule has 0 radical (unpaired) electrons. The van der Waals surface area contributed by atoms with Crippen LogP contribution in [0, 0.1) is 12.8 Å². The lowest BCUT2D eigenvalue weighted by atomic mass is 9.90. The average molecular weight is 411 g/mol. The van der Waals surface area contributed by atoms with Crippen molar-refractivity contribution in [3.63, 3.8) is 0 Å². The van der Waals surface area contributed by atoms with Crippen molar-refractivity contribution in [2.75, 3.05) is 13.1 Å². The summed E-state index contributed by atoms with van der Waals surface area (Å²) in [6.45, 7) is 4.16. The summed E-state index contributed by atoms with van der Waals surface area (Å²) >= 11 is 0. The Bertz CT molecular complexity index is 1060. The Kier molecular flexibility index (Phi) is 6.07. The molecular formula is C24H30N2O2S. The van der Waals surface area contributed by atoms with E-state index in [0.29, 0.717) is 10.8 Å². The number of hydrogen-bond donors (Lipinski definition) is 1. The molecule has 154 valence electrons. The van der Waals surface area contributed by atoms with Gasteiger partial charge in [-0.2, -0.15) is 0 Å². The molecule has 0 saturated carbocycles. The van der Waals surface area contributed by atoms with E-state index in [1.165, 1.54) is 41.6 Å². The molecule has 29 heavy (non-hydrogen) atoms. The third-order valence-electron chi connectivity index (χ3n) is 6.07. The Labute approximate surface area is 174 Å². The second-order valence-electron chi connectivity index (χ2n) is 8.24. The van der Waals surface area contributed by atoms with Gasteiger partial charge in [0, 0.05) is 11.6 Å². The standard InChI is InChI=1S/C24H30N2O2S/c1-19-9-11-22(12-10-19)29(27,28)26-17-14-23-21(7-5-8-24(23)26)18-20-6-3-2-4-15-25-16-13-20/h5,7-12,14,17,20,25H,2-4,6,13,15-16,18H2,1H3. The summed E-state index contributed by atoms with van der Waals surface area (Å²) in [4.78, 5) is 0.327. The monoisotopic (exact) mass is 410 g/mol. The van der Waals surface area contributed by atoms with Crippen molar-refractivity contribution in [1.29, 1.82) is 0 Å². The van der Waals surface area contributed by atoms with Crippen LogP contribution in [0.25, 0.3) is 10.9 Å². The molecule has 1 aliphatic heterocycles. The van der Waals surface area contributed by atoms with Crippen LogP contribution < -0.4 is 5.32 Å². The molecule has 0 bridgehead atoms. The third-order valence-corrected chi connectivity index (χ3v) is 7.77. The molecule has 1 aliphatic rings. The Morgan fingerprint density at radius 1 is 0.966 bits per heavy atom. The maximum absolute atomic E-state index is 13.2. The van der Waals surface area contributed by atoms with E-state index >= 15 is 0 Å². The van der Waals surface area contributed by atoms with Gasteiger partial charge in [-0.05, 0) is 75.0 Å². The highest BCUT2D eigenvalue weighted by Gasteiger charge is 2.20. The van der Waals surface area contributed by atoms with E-state index in [1.807, 2.05) is 37.3 Å². The molecule has 1 atom stereocenters. The van der Waals surface area contributed by atoms with Crippen LogP contribution in [0.5, 0.6) is 0 Å². The van der Waals surface area contributed by atoms with E-state index in [2.05, 4.69) is 11.4 Å². The fourth-order valence-electron chi connectivity index (χ4n) is 4.37. The molecule has 4 rings (SSSR count). The Morgan fingerprint density at radius 2 is 1.79 bits per heavy atom. The molecule has 4 nitrogen and oxygen atoms in total. The minimum absolute atomic E-state index is 0.327. The zero-order chi connectivity index (χ0) is 20.3. The fraction of sp³-hybridized carbons (Fsp3) is 0.417. The molecule has 2 aromatic carbocycles. The quantitative estimate of drug-likeness (QED) is 0.666. The number of benzene rings is 2. The molecule has 1 fully saturated rings. The Balaban J connectivity index is 1.65. The first kappa shape index (κ1) is 20.2. The van der Waals surface area contributed by atoms with Gasteiger partial charge in [0.2, 0.25) is 0 Å². The maximum atomic E-state index is 13.2. The van der Waals surface area contributed by atoms with Gasteiger partial charge in [0.05, 0.1) is 10.4 Å². The van der Waals surface area contributed by atoms with Crippen LogP contribution in [0.4, 0.5) is 0 Å². The number of aryl methyl sites for hydroxylation is 1. The van der Waals surface area contributed by atoms with E-state index in [1.54, 1.807) is 18.3 Å². The van der Waals surface area contributed by atoms with Crippen LogP contribution in [0.2, 0.25) is 0 Å². The van der Waals surface area contributed by atoms with E-state index in [9.17, 15) is 8.42 Å². The van der Waals surface area contributed by atoms with Crippen molar-refractivity contribution < 1.29 is 8.42 Å². The molecular weight excluding hydrogens is 380 g/mol. The van der Waals surface area contributed by atoms with Gasteiger partial charge in [0.1, 0.15) is 0 Å². The van der Waals surface area contributed by atoms with Gasteiger partial charge >= 0.3 is 0 Å². The van der Waals surface area contributed by atoms with Gasteiger partial charge in [0.25, 0.3) is 10.0 Å². The SMILES string of the molecule is Cc1ccc(S(=O)(=O)n2ccc3c(CC4CCCCCNCC4)cccc32)cc1. The highest BCUT2D eigenvalue weighted by atomic mass is 32.2. The van der Waals surface area contributed by atoms with Gasteiger partial charge in [-0.1, -0.05) is 49.1 Å². The predicted molar refractivity (Wildman–Crippen MR) is 119 cm³/mol. The Hall–Kier alpha value is -2.11. The summed E-state index contributed by atoms with van der Waals surface area (Å²) in [6.07, 6.45) is 8.98. The summed E-state index contributed by atoms with van der Waals surface area (Å²) < 4.78 is 27.8. The normalized spacial score (nSPS) is 18.9. The third kappa shape index (κ3) is 4.41. The highest BCUT2D eigenvalue weighted by Crippen LogP contribution is 2.28. The van der Waals surface area contributed by atoms with Crippen LogP contribution in [-0.4, -0.2) is 25.5 Å². The second kappa shape index (κ2) is 8.72. The van der Waals surface area contributed by atoms with Gasteiger partial charge in [-0.15, -0.1) is 0 Å². The topological polar surface area (TPSA) is 51.1 Å². The van der Waals surface area contributed by atoms with Gasteiger partial charge in [-0.3, -0.25) is 0 Å². The molecule has 0 aliphatic carbocycles. The summed E-state index contributed by atoms with van der Waals surface area (Å²) in [7, 11) is -3.60. The summed E-state index contributed by atoms with van der Waals surface area (Å²) in [5, 5.41) is 4.59. The summed E-state index contributed by atoms with van der Waals surface area (Å²) in [5.41, 5.74) is 3.07. The largest absolute Gasteiger partial charge is 0.317 e. The minimum Gasteiger partial charge on any atom is -0.317 e. The van der Waals surface area contributed by atoms with Gasteiger partial charge in [-0.25, -0.2) is 12.4 Å². The number of aromatic nitrogens is 1. The summed E-state index contributed by atoms with van der Waals surface area (Å²) in [5.74, 6) is 0.642. The van der Waals surface area contributed by atoms with Crippen LogP contribution in [0.1, 0.15) is 43.2 Å². The number of rotatable bonds is 4. The van der Waals surface area contributed by atoms with E-state index in [-0.39, 0.29) is 0 Å². The zero-order valence-electron chi connectivity index (χ0n) is 17.1. The van der Waals surface area contributed by atoms with Crippen molar-refractivity contribution in [3.05, 3.63) is 65.9 Å². The highest BCUT2D eigenvalue weighted by molar-refractivity contribution is 7.90. The van der Waals surface area contributed by atoms with Crippen molar-refractivity contribution >= 4 is 20.9 Å². The number of nitrogens with zero attached hydrogens (tertiary/aromatic N) is 1. The second-order valence-corrected chi connectivity index (χ2v) is 10.1. The average Bonchev–Trinajstić information content (AvgIpc) is 3.19. The molecule has 1 N–H and O–H groups in total. The zero-order valence-corrected chi connectivity index (χ0v) is 17.9. The van der Waals surface area contributed by atoms with Crippen molar-refractivity contribution in [2.24, 2.45) is 5.92 Å². The first-order valence-electron chi connectivity index (χ1n) is 10.7. The molecule has 2 heterocycles. The maximum Gasteiger partial charge on any atom is 0.268 e. The lowest BCUT2D eigenvalue weighted by Gasteiger charge is -2.17. The Morgan fingerprint density at radius 3 is 2.62 bits per heavy atom. The first-order valence-corrected chi connectivity index (χ1v) is 12.1. The molecule has 0 spiro atoms. The molecule has 1 saturated heterocycles. The molecule has 1 unspecified atom stereocenters. The fourth-order valence-corrected chi connectivity index (χ4v) is 5.71. The van der Waals surface area contributed by atoms with Crippen molar-refractivity contribution in [1.82, 2.24) is 9.29 Å². The lowest BCUT2D eigenvalue weighted by Crippen LogP contribution is -2.18. The number of nitrogens with one attached hydrogen (secondary N) is 1. The number of fused-ring (bicyclic) bond motifs is 1. The van der Waals surface area contributed by atoms with E-state index < -0.39 is 10.0 Å². The van der Waals surface area contributed by atoms with Crippen LogP contribution in [-0.2, 0) is 16.4 Å².